The van der Waals surface area contributed by atoms with Crippen LogP contribution in [-0.2, 0) is 4.79 Å². The van der Waals surface area contributed by atoms with Gasteiger partial charge in [0.15, 0.2) is 0 Å². The Morgan fingerprint density at radius 3 is 2.58 bits per heavy atom. The number of halogens is 4. The number of nitrogens with one attached hydrogen (secondary N) is 1. The molecule has 1 aromatic carbocycles. The first-order chi connectivity index (χ1) is 11.2. The molecule has 0 saturated carbocycles. The molecule has 24 heavy (non-hydrogen) atoms. The van der Waals surface area contributed by atoms with Crippen molar-refractivity contribution < 1.29 is 27.9 Å². The van der Waals surface area contributed by atoms with Gasteiger partial charge in [0.2, 0.25) is 5.91 Å². The summed E-state index contributed by atoms with van der Waals surface area (Å²) in [7, 11) is 0. The number of hydrogen-bond acceptors (Lipinski definition) is 2. The number of fused-ring (bicyclic) bond motifs is 1. The number of carbonyl (C=O) groups is 2. The van der Waals surface area contributed by atoms with E-state index in [0.717, 1.165) is 10.8 Å². The normalized spacial score (nSPS) is 17.3. The number of carboxylic acids is 1. The first kappa shape index (κ1) is 16.4. The molecule has 2 aromatic rings. The Labute approximate surface area is 138 Å². The van der Waals surface area contributed by atoms with Crippen LogP contribution in [0.15, 0.2) is 30.5 Å². The van der Waals surface area contributed by atoms with Crippen molar-refractivity contribution in [3.63, 3.8) is 0 Å². The van der Waals surface area contributed by atoms with Crippen molar-refractivity contribution in [1.82, 2.24) is 4.57 Å². The quantitative estimate of drug-likeness (QED) is 0.857. The number of alkyl halides is 3. The Morgan fingerprint density at radius 2 is 2.00 bits per heavy atom. The van der Waals surface area contributed by atoms with Gasteiger partial charge in [0.1, 0.15) is 11.5 Å². The molecule has 1 aliphatic heterocycles. The Kier molecular flexibility index (Phi) is 3.79. The van der Waals surface area contributed by atoms with Gasteiger partial charge < -0.3 is 15.0 Å². The summed E-state index contributed by atoms with van der Waals surface area (Å²) >= 11 is 6.04. The summed E-state index contributed by atoms with van der Waals surface area (Å²) in [6.07, 6.45) is -4.48. The Morgan fingerprint density at radius 1 is 1.33 bits per heavy atom. The number of carboxylic acid groups (broad SMARTS) is 1. The van der Waals surface area contributed by atoms with E-state index in [9.17, 15) is 27.9 Å². The maximum atomic E-state index is 13.4. The van der Waals surface area contributed by atoms with Crippen molar-refractivity contribution in [2.24, 2.45) is 0 Å². The SMILES string of the molecule is O=C1CC(C(F)(F)F)c2c(c(C(=O)O)cn2-c2ccccc2Cl)N1. The van der Waals surface area contributed by atoms with Gasteiger partial charge in [0, 0.05) is 12.6 Å². The number of amides is 1. The van der Waals surface area contributed by atoms with Crippen LogP contribution in [0.2, 0.25) is 5.02 Å². The van der Waals surface area contributed by atoms with Crippen LogP contribution >= 0.6 is 11.6 Å². The van der Waals surface area contributed by atoms with Crippen molar-refractivity contribution in [3.8, 4) is 5.69 Å². The number of carbonyl (C=O) groups excluding carboxylic acids is 1. The van der Waals surface area contributed by atoms with E-state index in [0.29, 0.717) is 0 Å². The minimum Gasteiger partial charge on any atom is -0.478 e. The fourth-order valence-electron chi connectivity index (χ4n) is 2.75. The van der Waals surface area contributed by atoms with Gasteiger partial charge in [-0.1, -0.05) is 23.7 Å². The van der Waals surface area contributed by atoms with E-state index in [2.05, 4.69) is 5.32 Å². The van der Waals surface area contributed by atoms with Gasteiger partial charge in [-0.3, -0.25) is 4.79 Å². The number of aromatic carboxylic acids is 1. The third kappa shape index (κ3) is 2.62. The molecule has 1 aliphatic rings. The summed E-state index contributed by atoms with van der Waals surface area (Å²) in [6.45, 7) is 0. The van der Waals surface area contributed by atoms with E-state index in [1.54, 1.807) is 12.1 Å². The lowest BCUT2D eigenvalue weighted by molar-refractivity contribution is -0.157. The van der Waals surface area contributed by atoms with Crippen molar-refractivity contribution >= 4 is 29.2 Å². The molecule has 9 heteroatoms. The number of para-hydroxylation sites is 1. The molecule has 0 saturated heterocycles. The lowest BCUT2D eigenvalue weighted by Gasteiger charge is -2.27. The van der Waals surface area contributed by atoms with Crippen LogP contribution in [0.1, 0.15) is 28.4 Å². The molecule has 0 spiro atoms. The standard InChI is InChI=1S/C15H10ClF3N2O3/c16-9-3-1-2-4-10(9)21-6-7(14(23)24)12-13(21)8(15(17,18)19)5-11(22)20-12/h1-4,6,8H,5H2,(H,20,22)(H,23,24). The third-order valence-electron chi connectivity index (χ3n) is 3.76. The first-order valence-electron chi connectivity index (χ1n) is 6.80. The van der Waals surface area contributed by atoms with E-state index in [-0.39, 0.29) is 22.1 Å². The molecule has 0 radical (unpaired) electrons. The monoisotopic (exact) mass is 358 g/mol. The van der Waals surface area contributed by atoms with E-state index in [1.165, 1.54) is 12.1 Å². The number of hydrogen-bond donors (Lipinski definition) is 2. The summed E-state index contributed by atoms with van der Waals surface area (Å²) in [5.41, 5.74) is -0.908. The van der Waals surface area contributed by atoms with Gasteiger partial charge in [0.05, 0.1) is 22.1 Å². The molecular formula is C15H10ClF3N2O3. The van der Waals surface area contributed by atoms with Crippen molar-refractivity contribution in [1.29, 1.82) is 0 Å². The van der Waals surface area contributed by atoms with Crippen molar-refractivity contribution in [3.05, 3.63) is 46.7 Å². The maximum absolute atomic E-state index is 13.4. The molecule has 2 N–H and O–H groups in total. The van der Waals surface area contributed by atoms with E-state index in [4.69, 9.17) is 11.6 Å². The van der Waals surface area contributed by atoms with Crippen molar-refractivity contribution in [2.45, 2.75) is 18.5 Å². The zero-order valence-electron chi connectivity index (χ0n) is 11.9. The summed E-state index contributed by atoms with van der Waals surface area (Å²) < 4.78 is 41.4. The lowest BCUT2D eigenvalue weighted by atomic mass is 9.94. The number of aromatic nitrogens is 1. The Bertz CT molecular complexity index is 845. The van der Waals surface area contributed by atoms with Gasteiger partial charge in [-0.15, -0.1) is 0 Å². The largest absolute Gasteiger partial charge is 0.478 e. The van der Waals surface area contributed by atoms with Crippen LogP contribution in [0, 0.1) is 0 Å². The zero-order valence-corrected chi connectivity index (χ0v) is 12.6. The minimum atomic E-state index is -4.71. The van der Waals surface area contributed by atoms with Gasteiger partial charge in [0.25, 0.3) is 0 Å². The Hall–Kier alpha value is -2.48. The third-order valence-corrected chi connectivity index (χ3v) is 4.08. The molecule has 1 unspecified atom stereocenters. The molecule has 126 valence electrons. The molecule has 0 fully saturated rings. The highest BCUT2D eigenvalue weighted by Gasteiger charge is 2.48. The number of rotatable bonds is 2. The van der Waals surface area contributed by atoms with Gasteiger partial charge in [-0.25, -0.2) is 4.79 Å². The van der Waals surface area contributed by atoms with Crippen LogP contribution in [-0.4, -0.2) is 27.7 Å². The zero-order chi connectivity index (χ0) is 17.6. The molecule has 1 atom stereocenters. The fraction of sp³-hybridized carbons (Fsp3) is 0.200. The van der Waals surface area contributed by atoms with Gasteiger partial charge in [-0.2, -0.15) is 13.2 Å². The Balaban J connectivity index is 2.33. The molecule has 2 heterocycles. The topological polar surface area (TPSA) is 71.3 Å². The molecule has 1 aromatic heterocycles. The highest BCUT2D eigenvalue weighted by molar-refractivity contribution is 6.32. The molecule has 3 rings (SSSR count). The van der Waals surface area contributed by atoms with Gasteiger partial charge in [-0.05, 0) is 12.1 Å². The molecule has 0 aliphatic carbocycles. The molecule has 1 amide bonds. The second-order valence-electron chi connectivity index (χ2n) is 5.28. The first-order valence-corrected chi connectivity index (χ1v) is 7.18. The number of nitrogens with zero attached hydrogens (tertiary/aromatic N) is 1. The van der Waals surface area contributed by atoms with E-state index >= 15 is 0 Å². The van der Waals surface area contributed by atoms with Gasteiger partial charge >= 0.3 is 12.1 Å². The summed E-state index contributed by atoms with van der Waals surface area (Å²) in [6, 6.07) is 6.12. The van der Waals surface area contributed by atoms with E-state index < -0.39 is 36.0 Å². The highest BCUT2D eigenvalue weighted by Crippen LogP contribution is 2.46. The lowest BCUT2D eigenvalue weighted by Crippen LogP contribution is -2.33. The summed E-state index contributed by atoms with van der Waals surface area (Å²) in [5.74, 6) is -4.45. The second kappa shape index (κ2) is 5.55. The minimum absolute atomic E-state index is 0.157. The van der Waals surface area contributed by atoms with Crippen LogP contribution < -0.4 is 5.32 Å². The second-order valence-corrected chi connectivity index (χ2v) is 5.68. The predicted octanol–water partition coefficient (Wildman–Crippen LogP) is 3.82. The molecule has 0 bridgehead atoms. The number of benzene rings is 1. The fourth-order valence-corrected chi connectivity index (χ4v) is 2.97. The highest BCUT2D eigenvalue weighted by atomic mass is 35.5. The van der Waals surface area contributed by atoms with Crippen molar-refractivity contribution in [2.75, 3.05) is 5.32 Å². The average molecular weight is 359 g/mol. The number of anilines is 1. The maximum Gasteiger partial charge on any atom is 0.397 e. The van der Waals surface area contributed by atoms with Crippen LogP contribution in [0.5, 0.6) is 0 Å². The van der Waals surface area contributed by atoms with Crippen LogP contribution in [0.4, 0.5) is 18.9 Å². The molecular weight excluding hydrogens is 349 g/mol. The molecule has 5 nitrogen and oxygen atoms in total. The smallest absolute Gasteiger partial charge is 0.397 e. The van der Waals surface area contributed by atoms with Crippen LogP contribution in [0.3, 0.4) is 0 Å². The average Bonchev–Trinajstić information content (AvgIpc) is 2.85. The summed E-state index contributed by atoms with van der Waals surface area (Å²) in [5, 5.41) is 11.7. The predicted molar refractivity (Wildman–Crippen MR) is 79.8 cm³/mol. The van der Waals surface area contributed by atoms with Crippen LogP contribution in [0.25, 0.3) is 5.69 Å². The van der Waals surface area contributed by atoms with E-state index in [1.807, 2.05) is 0 Å². The summed E-state index contributed by atoms with van der Waals surface area (Å²) in [4.78, 5) is 23.0.